The Kier molecular flexibility index (Phi) is 5.35. The molecule has 0 spiro atoms. The van der Waals surface area contributed by atoms with Gasteiger partial charge in [-0.3, -0.25) is 0 Å². The van der Waals surface area contributed by atoms with E-state index in [0.29, 0.717) is 11.1 Å². The Hall–Kier alpha value is -0.650. The van der Waals surface area contributed by atoms with Crippen LogP contribution in [0.5, 0.6) is 0 Å². The van der Waals surface area contributed by atoms with Gasteiger partial charge in [-0.05, 0) is 51.0 Å². The van der Waals surface area contributed by atoms with Crippen LogP contribution in [0, 0.1) is 19.7 Å². The van der Waals surface area contributed by atoms with E-state index in [1.54, 1.807) is 27.7 Å². The minimum atomic E-state index is -3.66. The Morgan fingerprint density at radius 1 is 1.26 bits per heavy atom. The van der Waals surface area contributed by atoms with Gasteiger partial charge in [0.15, 0.2) is 0 Å². The van der Waals surface area contributed by atoms with E-state index in [1.807, 2.05) is 0 Å². The topological polar surface area (TPSA) is 37.4 Å². The summed E-state index contributed by atoms with van der Waals surface area (Å²) in [6, 6.07) is 2.27. The van der Waals surface area contributed by atoms with Crippen LogP contribution in [0.4, 0.5) is 4.39 Å². The van der Waals surface area contributed by atoms with Gasteiger partial charge in [0.2, 0.25) is 10.0 Å². The first-order valence-corrected chi connectivity index (χ1v) is 8.03. The molecule has 6 heteroatoms. The summed E-state index contributed by atoms with van der Waals surface area (Å²) in [7, 11) is -3.66. The van der Waals surface area contributed by atoms with E-state index in [4.69, 9.17) is 11.6 Å². The fourth-order valence-corrected chi connectivity index (χ4v) is 4.50. The minimum absolute atomic E-state index is 0.174. The third kappa shape index (κ3) is 3.46. The molecule has 0 radical (unpaired) electrons. The van der Waals surface area contributed by atoms with Crippen molar-refractivity contribution in [1.29, 1.82) is 0 Å². The SMILES string of the molecule is Cc1cc(F)cc(C)c1S(=O)(=O)N(CCCl)C(C)C. The van der Waals surface area contributed by atoms with Crippen molar-refractivity contribution >= 4 is 21.6 Å². The highest BCUT2D eigenvalue weighted by atomic mass is 35.5. The van der Waals surface area contributed by atoms with Crippen molar-refractivity contribution in [3.05, 3.63) is 29.1 Å². The van der Waals surface area contributed by atoms with Gasteiger partial charge in [0, 0.05) is 18.5 Å². The zero-order valence-electron chi connectivity index (χ0n) is 11.6. The number of halogens is 2. The molecule has 1 rings (SSSR count). The van der Waals surface area contributed by atoms with Gasteiger partial charge in [0.1, 0.15) is 5.82 Å². The fraction of sp³-hybridized carbons (Fsp3) is 0.538. The van der Waals surface area contributed by atoms with Crippen molar-refractivity contribution in [2.75, 3.05) is 12.4 Å². The van der Waals surface area contributed by atoms with Crippen molar-refractivity contribution in [2.24, 2.45) is 0 Å². The highest BCUT2D eigenvalue weighted by Gasteiger charge is 2.29. The van der Waals surface area contributed by atoms with Gasteiger partial charge in [-0.1, -0.05) is 0 Å². The van der Waals surface area contributed by atoms with Crippen LogP contribution in [0.1, 0.15) is 25.0 Å². The molecule has 0 N–H and O–H groups in total. The monoisotopic (exact) mass is 307 g/mol. The lowest BCUT2D eigenvalue weighted by Gasteiger charge is -2.26. The molecular weight excluding hydrogens is 289 g/mol. The maximum atomic E-state index is 13.3. The van der Waals surface area contributed by atoms with Gasteiger partial charge in [-0.25, -0.2) is 12.8 Å². The highest BCUT2D eigenvalue weighted by molar-refractivity contribution is 7.89. The Morgan fingerprint density at radius 3 is 2.11 bits per heavy atom. The largest absolute Gasteiger partial charge is 0.243 e. The normalized spacial score (nSPS) is 12.4. The van der Waals surface area contributed by atoms with E-state index in [1.165, 1.54) is 16.4 Å². The van der Waals surface area contributed by atoms with Crippen LogP contribution in [0.15, 0.2) is 17.0 Å². The molecule has 19 heavy (non-hydrogen) atoms. The van der Waals surface area contributed by atoms with Crippen molar-refractivity contribution in [3.63, 3.8) is 0 Å². The van der Waals surface area contributed by atoms with E-state index >= 15 is 0 Å². The summed E-state index contributed by atoms with van der Waals surface area (Å²) in [4.78, 5) is 0.174. The first-order chi connectivity index (χ1) is 8.71. The molecule has 0 aliphatic carbocycles. The van der Waals surface area contributed by atoms with E-state index in [2.05, 4.69) is 0 Å². The number of benzene rings is 1. The molecule has 0 bridgehead atoms. The molecule has 0 aromatic heterocycles. The van der Waals surface area contributed by atoms with Crippen LogP contribution >= 0.6 is 11.6 Å². The number of rotatable bonds is 5. The first kappa shape index (κ1) is 16.4. The summed E-state index contributed by atoms with van der Waals surface area (Å²) in [5.41, 5.74) is 0.829. The summed E-state index contributed by atoms with van der Waals surface area (Å²) in [5, 5.41) is 0. The van der Waals surface area contributed by atoms with Crippen LogP contribution in [0.3, 0.4) is 0 Å². The van der Waals surface area contributed by atoms with Crippen LogP contribution in [0.25, 0.3) is 0 Å². The van der Waals surface area contributed by atoms with Crippen LogP contribution in [-0.2, 0) is 10.0 Å². The Bertz CT molecular complexity index is 535. The molecule has 0 atom stereocenters. The highest BCUT2D eigenvalue weighted by Crippen LogP contribution is 2.26. The van der Waals surface area contributed by atoms with E-state index in [0.717, 1.165) is 0 Å². The van der Waals surface area contributed by atoms with E-state index < -0.39 is 15.8 Å². The van der Waals surface area contributed by atoms with Gasteiger partial charge in [-0.15, -0.1) is 11.6 Å². The quantitative estimate of drug-likeness (QED) is 0.784. The molecule has 0 aliphatic rings. The third-order valence-corrected chi connectivity index (χ3v) is 5.42. The summed E-state index contributed by atoms with van der Waals surface area (Å²) >= 11 is 5.67. The van der Waals surface area contributed by atoms with Gasteiger partial charge in [-0.2, -0.15) is 4.31 Å². The number of aryl methyl sites for hydroxylation is 2. The van der Waals surface area contributed by atoms with E-state index in [9.17, 15) is 12.8 Å². The molecular formula is C13H19ClFNO2S. The lowest BCUT2D eigenvalue weighted by Crippen LogP contribution is -2.39. The summed E-state index contributed by atoms with van der Waals surface area (Å²) < 4.78 is 39.9. The number of nitrogens with zero attached hydrogens (tertiary/aromatic N) is 1. The Morgan fingerprint density at radius 2 is 1.74 bits per heavy atom. The van der Waals surface area contributed by atoms with Crippen LogP contribution in [0.2, 0.25) is 0 Å². The average Bonchev–Trinajstić information content (AvgIpc) is 2.22. The predicted molar refractivity (Wildman–Crippen MR) is 75.6 cm³/mol. The molecule has 1 aromatic rings. The number of hydrogen-bond acceptors (Lipinski definition) is 2. The number of alkyl halides is 1. The second-order valence-corrected chi connectivity index (χ2v) is 6.97. The van der Waals surface area contributed by atoms with Gasteiger partial charge in [0.05, 0.1) is 4.90 Å². The zero-order valence-corrected chi connectivity index (χ0v) is 13.1. The second-order valence-electron chi connectivity index (χ2n) is 4.77. The summed E-state index contributed by atoms with van der Waals surface area (Å²) in [5.74, 6) is -0.209. The fourth-order valence-electron chi connectivity index (χ4n) is 2.16. The van der Waals surface area contributed by atoms with Gasteiger partial charge < -0.3 is 0 Å². The Labute approximate surface area is 119 Å². The molecule has 0 saturated carbocycles. The predicted octanol–water partition coefficient (Wildman–Crippen LogP) is 3.08. The van der Waals surface area contributed by atoms with Crippen molar-refractivity contribution in [3.8, 4) is 0 Å². The molecule has 3 nitrogen and oxygen atoms in total. The first-order valence-electron chi connectivity index (χ1n) is 6.06. The lowest BCUT2D eigenvalue weighted by atomic mass is 10.1. The van der Waals surface area contributed by atoms with Crippen molar-refractivity contribution < 1.29 is 12.8 Å². The summed E-state index contributed by atoms with van der Waals surface area (Å²) in [6.07, 6.45) is 0. The van der Waals surface area contributed by atoms with Crippen LogP contribution < -0.4 is 0 Å². The van der Waals surface area contributed by atoms with Crippen LogP contribution in [-0.4, -0.2) is 31.2 Å². The standard InChI is InChI=1S/C13H19ClFNO2S/c1-9(2)16(6-5-14)19(17,18)13-10(3)7-12(15)8-11(13)4/h7-9H,5-6H2,1-4H3. The molecule has 0 heterocycles. The molecule has 0 amide bonds. The van der Waals surface area contributed by atoms with Gasteiger partial charge >= 0.3 is 0 Å². The molecule has 0 aliphatic heterocycles. The third-order valence-electron chi connectivity index (χ3n) is 2.87. The maximum Gasteiger partial charge on any atom is 0.243 e. The van der Waals surface area contributed by atoms with E-state index in [-0.39, 0.29) is 23.4 Å². The number of sulfonamides is 1. The molecule has 108 valence electrons. The molecule has 0 fully saturated rings. The Balaban J connectivity index is 3.42. The van der Waals surface area contributed by atoms with Crippen molar-refractivity contribution in [1.82, 2.24) is 4.31 Å². The second kappa shape index (κ2) is 6.20. The minimum Gasteiger partial charge on any atom is -0.207 e. The molecule has 1 aromatic carbocycles. The molecule has 0 saturated heterocycles. The average molecular weight is 308 g/mol. The lowest BCUT2D eigenvalue weighted by molar-refractivity contribution is 0.370. The smallest absolute Gasteiger partial charge is 0.207 e. The zero-order chi connectivity index (χ0) is 14.8. The number of hydrogen-bond donors (Lipinski definition) is 0. The summed E-state index contributed by atoms with van der Waals surface area (Å²) in [6.45, 7) is 7.01. The maximum absolute atomic E-state index is 13.3. The van der Waals surface area contributed by atoms with Gasteiger partial charge in [0.25, 0.3) is 0 Å². The molecule has 0 unspecified atom stereocenters. The van der Waals surface area contributed by atoms with Crippen molar-refractivity contribution in [2.45, 2.75) is 38.6 Å².